The second-order valence-electron chi connectivity index (χ2n) is 3.91. The maximum absolute atomic E-state index is 5.99. The first kappa shape index (κ1) is 13.3. The predicted molar refractivity (Wildman–Crippen MR) is 87.6 cm³/mol. The van der Waals surface area contributed by atoms with E-state index < -0.39 is 0 Å². The van der Waals surface area contributed by atoms with Crippen LogP contribution < -0.4 is 4.74 Å². The van der Waals surface area contributed by atoms with E-state index in [4.69, 9.17) is 4.74 Å². The number of aromatic nitrogens is 1. The van der Waals surface area contributed by atoms with E-state index in [0.29, 0.717) is 0 Å². The van der Waals surface area contributed by atoms with Crippen LogP contribution in [0.1, 0.15) is 20.3 Å². The fraction of sp³-hybridized carbons (Fsp3) is 0.308. The smallest absolute Gasteiger partial charge is 0.159 e. The third kappa shape index (κ3) is 2.83. The molecule has 0 amide bonds. The number of pyridine rings is 1. The van der Waals surface area contributed by atoms with Crippen molar-refractivity contribution in [1.29, 1.82) is 0 Å². The molecule has 1 heterocycles. The molecule has 17 heavy (non-hydrogen) atoms. The van der Waals surface area contributed by atoms with E-state index in [2.05, 4.69) is 76.1 Å². The number of halogens is 2. The van der Waals surface area contributed by atoms with Gasteiger partial charge in [0.2, 0.25) is 0 Å². The van der Waals surface area contributed by atoms with Crippen molar-refractivity contribution >= 4 is 56.1 Å². The second-order valence-corrected chi connectivity index (χ2v) is 6.23. The molecule has 1 atom stereocenters. The van der Waals surface area contributed by atoms with Crippen LogP contribution in [0.5, 0.6) is 5.75 Å². The van der Waals surface area contributed by atoms with Gasteiger partial charge in [0, 0.05) is 15.2 Å². The van der Waals surface area contributed by atoms with Gasteiger partial charge in [-0.3, -0.25) is 4.98 Å². The van der Waals surface area contributed by atoms with Gasteiger partial charge in [0.15, 0.2) is 5.75 Å². The van der Waals surface area contributed by atoms with Crippen LogP contribution in [-0.4, -0.2) is 11.1 Å². The summed E-state index contributed by atoms with van der Waals surface area (Å²) in [7, 11) is 0. The van der Waals surface area contributed by atoms with Gasteiger partial charge >= 0.3 is 0 Å². The van der Waals surface area contributed by atoms with Crippen molar-refractivity contribution in [2.24, 2.45) is 0 Å². The summed E-state index contributed by atoms with van der Waals surface area (Å²) in [6, 6.07) is 6.19. The Morgan fingerprint density at radius 3 is 2.82 bits per heavy atom. The number of benzene rings is 1. The largest absolute Gasteiger partial charge is 0.487 e. The van der Waals surface area contributed by atoms with Crippen molar-refractivity contribution in [3.63, 3.8) is 0 Å². The van der Waals surface area contributed by atoms with Crippen LogP contribution in [-0.2, 0) is 0 Å². The highest BCUT2D eigenvalue weighted by Crippen LogP contribution is 2.33. The summed E-state index contributed by atoms with van der Waals surface area (Å²) >= 11 is 4.66. The van der Waals surface area contributed by atoms with Crippen LogP contribution in [0, 0.1) is 7.14 Å². The summed E-state index contributed by atoms with van der Waals surface area (Å²) in [6.07, 6.45) is 3.03. The van der Waals surface area contributed by atoms with Gasteiger partial charge in [-0.25, -0.2) is 0 Å². The molecule has 0 saturated heterocycles. The fourth-order valence-corrected chi connectivity index (χ4v) is 3.58. The Morgan fingerprint density at radius 1 is 1.35 bits per heavy atom. The molecule has 0 spiro atoms. The van der Waals surface area contributed by atoms with Crippen molar-refractivity contribution in [2.45, 2.75) is 26.4 Å². The monoisotopic (exact) mass is 453 g/mol. The molecule has 1 aromatic carbocycles. The number of hydrogen-bond acceptors (Lipinski definition) is 2. The van der Waals surface area contributed by atoms with E-state index in [1.165, 1.54) is 3.57 Å². The maximum Gasteiger partial charge on any atom is 0.159 e. The van der Waals surface area contributed by atoms with Crippen LogP contribution in [0.4, 0.5) is 0 Å². The molecule has 2 nitrogen and oxygen atoms in total. The van der Waals surface area contributed by atoms with Gasteiger partial charge in [-0.1, -0.05) is 13.0 Å². The third-order valence-electron chi connectivity index (χ3n) is 2.64. The van der Waals surface area contributed by atoms with Gasteiger partial charge in [0.25, 0.3) is 0 Å². The average Bonchev–Trinajstić information content (AvgIpc) is 2.34. The molecule has 0 saturated carbocycles. The second kappa shape index (κ2) is 5.69. The van der Waals surface area contributed by atoms with Gasteiger partial charge in [0.05, 0.1) is 9.67 Å². The molecule has 90 valence electrons. The zero-order chi connectivity index (χ0) is 12.4. The van der Waals surface area contributed by atoms with Crippen molar-refractivity contribution in [2.75, 3.05) is 0 Å². The highest BCUT2D eigenvalue weighted by atomic mass is 127. The summed E-state index contributed by atoms with van der Waals surface area (Å²) in [5, 5.41) is 1.16. The van der Waals surface area contributed by atoms with Crippen molar-refractivity contribution < 1.29 is 4.74 Å². The van der Waals surface area contributed by atoms with Gasteiger partial charge in [-0.2, -0.15) is 0 Å². The van der Waals surface area contributed by atoms with Gasteiger partial charge in [-0.05, 0) is 70.7 Å². The summed E-state index contributed by atoms with van der Waals surface area (Å²) in [4.78, 5) is 4.46. The molecule has 1 aromatic heterocycles. The Balaban J connectivity index is 2.61. The van der Waals surface area contributed by atoms with Gasteiger partial charge in [-0.15, -0.1) is 0 Å². The normalized spacial score (nSPS) is 12.7. The standard InChI is InChI=1S/C13H13I2NO/c1-3-8(2)17-13-11(15)7-10(14)9-5-4-6-16-12(9)13/h4-8H,3H2,1-2H3/t8-/m1/s1. The SMILES string of the molecule is CC[C@@H](C)Oc1c(I)cc(I)c2cccnc12. The summed E-state index contributed by atoms with van der Waals surface area (Å²) in [6.45, 7) is 4.21. The van der Waals surface area contributed by atoms with E-state index in [-0.39, 0.29) is 6.10 Å². The number of fused-ring (bicyclic) bond motifs is 1. The van der Waals surface area contributed by atoms with Crippen LogP contribution in [0.25, 0.3) is 10.9 Å². The minimum atomic E-state index is 0.216. The molecule has 0 N–H and O–H groups in total. The molecular weight excluding hydrogens is 440 g/mol. The zero-order valence-corrected chi connectivity index (χ0v) is 14.0. The third-order valence-corrected chi connectivity index (χ3v) is 4.34. The summed E-state index contributed by atoms with van der Waals surface area (Å²) in [5.74, 6) is 0.913. The molecule has 0 fully saturated rings. The first-order valence-electron chi connectivity index (χ1n) is 5.52. The Morgan fingerprint density at radius 2 is 2.12 bits per heavy atom. The lowest BCUT2D eigenvalue weighted by Crippen LogP contribution is -2.11. The predicted octanol–water partition coefficient (Wildman–Crippen LogP) is 4.62. The van der Waals surface area contributed by atoms with E-state index >= 15 is 0 Å². The lowest BCUT2D eigenvalue weighted by molar-refractivity contribution is 0.218. The molecule has 0 unspecified atom stereocenters. The molecule has 0 aliphatic rings. The minimum Gasteiger partial charge on any atom is -0.487 e. The summed E-state index contributed by atoms with van der Waals surface area (Å²) < 4.78 is 8.33. The quantitative estimate of drug-likeness (QED) is 0.634. The Hall–Kier alpha value is -0.110. The minimum absolute atomic E-state index is 0.216. The lowest BCUT2D eigenvalue weighted by atomic mass is 10.2. The molecule has 2 aromatic rings. The topological polar surface area (TPSA) is 22.1 Å². The first-order valence-corrected chi connectivity index (χ1v) is 7.68. The zero-order valence-electron chi connectivity index (χ0n) is 9.71. The highest BCUT2D eigenvalue weighted by Gasteiger charge is 2.13. The molecule has 0 aliphatic heterocycles. The Labute approximate surface area is 128 Å². The molecular formula is C13H13I2NO. The highest BCUT2D eigenvalue weighted by molar-refractivity contribution is 14.1. The van der Waals surface area contributed by atoms with Crippen molar-refractivity contribution in [1.82, 2.24) is 4.98 Å². The van der Waals surface area contributed by atoms with E-state index in [0.717, 1.165) is 26.6 Å². The number of nitrogens with zero attached hydrogens (tertiary/aromatic N) is 1. The molecule has 0 radical (unpaired) electrons. The van der Waals surface area contributed by atoms with E-state index in [1.807, 2.05) is 12.3 Å². The van der Waals surface area contributed by atoms with E-state index in [1.54, 1.807) is 0 Å². The average molecular weight is 453 g/mol. The van der Waals surface area contributed by atoms with Crippen LogP contribution in [0.3, 0.4) is 0 Å². The fourth-order valence-electron chi connectivity index (χ4n) is 1.54. The van der Waals surface area contributed by atoms with Crippen molar-refractivity contribution in [3.8, 4) is 5.75 Å². The Kier molecular flexibility index (Phi) is 4.46. The van der Waals surface area contributed by atoms with Gasteiger partial charge < -0.3 is 4.74 Å². The summed E-state index contributed by atoms with van der Waals surface area (Å²) in [5.41, 5.74) is 0.962. The Bertz CT molecular complexity index is 542. The molecule has 0 aliphatic carbocycles. The van der Waals surface area contributed by atoms with Crippen molar-refractivity contribution in [3.05, 3.63) is 31.5 Å². The van der Waals surface area contributed by atoms with Gasteiger partial charge in [0.1, 0.15) is 5.52 Å². The number of rotatable bonds is 3. The van der Waals surface area contributed by atoms with Crippen LogP contribution in [0.2, 0.25) is 0 Å². The van der Waals surface area contributed by atoms with E-state index in [9.17, 15) is 0 Å². The van der Waals surface area contributed by atoms with Crippen LogP contribution in [0.15, 0.2) is 24.4 Å². The number of hydrogen-bond donors (Lipinski definition) is 0. The number of ether oxygens (including phenoxy) is 1. The van der Waals surface area contributed by atoms with Crippen LogP contribution >= 0.6 is 45.2 Å². The lowest BCUT2D eigenvalue weighted by Gasteiger charge is -2.16. The first-order chi connectivity index (χ1) is 8.13. The molecule has 0 bridgehead atoms. The molecule has 4 heteroatoms. The maximum atomic E-state index is 5.99. The molecule has 2 rings (SSSR count).